The minimum Gasteiger partial charge on any atom is -0.496 e. The van der Waals surface area contributed by atoms with Gasteiger partial charge in [0.1, 0.15) is 22.6 Å². The summed E-state index contributed by atoms with van der Waals surface area (Å²) in [6.45, 7) is 3.53. The van der Waals surface area contributed by atoms with Gasteiger partial charge in [-0.3, -0.25) is 4.79 Å². The van der Waals surface area contributed by atoms with Crippen LogP contribution in [0.5, 0.6) is 11.5 Å². The zero-order valence-corrected chi connectivity index (χ0v) is 19.7. The highest BCUT2D eigenvalue weighted by Crippen LogP contribution is 2.40. The van der Waals surface area contributed by atoms with Crippen LogP contribution in [0.25, 0.3) is 11.1 Å². The first-order chi connectivity index (χ1) is 16.0. The summed E-state index contributed by atoms with van der Waals surface area (Å²) in [5, 5.41) is 10.7. The van der Waals surface area contributed by atoms with Crippen LogP contribution in [0, 0.1) is 18.3 Å². The van der Waals surface area contributed by atoms with Crippen LogP contribution in [0.15, 0.2) is 53.6 Å². The maximum atomic E-state index is 12.5. The maximum Gasteiger partial charge on any atom is 0.321 e. The fraction of sp³-hybridized carbons (Fsp3) is 0.269. The zero-order chi connectivity index (χ0) is 23.4. The molecule has 33 heavy (non-hydrogen) atoms. The highest BCUT2D eigenvalue weighted by Gasteiger charge is 2.26. The number of benzene rings is 2. The van der Waals surface area contributed by atoms with E-state index in [-0.39, 0.29) is 11.7 Å². The molecule has 168 valence electrons. The summed E-state index contributed by atoms with van der Waals surface area (Å²) >= 11 is 1.24. The van der Waals surface area contributed by atoms with E-state index in [0.717, 1.165) is 40.9 Å². The summed E-state index contributed by atoms with van der Waals surface area (Å²) in [7, 11) is 3.69. The molecule has 1 aliphatic heterocycles. The summed E-state index contributed by atoms with van der Waals surface area (Å²) in [5.74, 6) is 0.884. The fourth-order valence-corrected chi connectivity index (χ4v) is 4.77. The van der Waals surface area contributed by atoms with E-state index in [9.17, 15) is 10.1 Å². The number of carbonyl (C=O) groups excluding carboxylic acids is 1. The third-order valence-corrected chi connectivity index (χ3v) is 6.49. The average Bonchev–Trinajstić information content (AvgIpc) is 2.81. The number of pyridine rings is 1. The zero-order valence-electron chi connectivity index (χ0n) is 18.9. The molecule has 1 aromatic heterocycles. The van der Waals surface area contributed by atoms with Gasteiger partial charge in [0.25, 0.3) is 0 Å². The van der Waals surface area contributed by atoms with Gasteiger partial charge < -0.3 is 14.4 Å². The SMILES string of the molecule is COc1ccccc1-c1c(C#N)c(SCC(=O)Oc2cccc(C)c2)nc2c1CN(C)CC2. The second-order valence-corrected chi connectivity index (χ2v) is 8.94. The van der Waals surface area contributed by atoms with E-state index in [4.69, 9.17) is 14.5 Å². The van der Waals surface area contributed by atoms with Crippen LogP contribution in [0.2, 0.25) is 0 Å². The minimum absolute atomic E-state index is 0.0552. The third-order valence-electron chi connectivity index (χ3n) is 5.54. The number of hydrogen-bond acceptors (Lipinski definition) is 7. The van der Waals surface area contributed by atoms with E-state index in [0.29, 0.717) is 28.6 Å². The lowest BCUT2D eigenvalue weighted by Gasteiger charge is -2.28. The Labute approximate surface area is 198 Å². The number of fused-ring (bicyclic) bond motifs is 1. The normalized spacial score (nSPS) is 13.2. The van der Waals surface area contributed by atoms with Gasteiger partial charge in [-0.25, -0.2) is 4.98 Å². The van der Waals surface area contributed by atoms with Gasteiger partial charge in [-0.05, 0) is 43.3 Å². The predicted molar refractivity (Wildman–Crippen MR) is 129 cm³/mol. The first kappa shape index (κ1) is 22.8. The highest BCUT2D eigenvalue weighted by molar-refractivity contribution is 7.99. The molecule has 0 spiro atoms. The smallest absolute Gasteiger partial charge is 0.321 e. The van der Waals surface area contributed by atoms with Crippen LogP contribution in [0.3, 0.4) is 0 Å². The van der Waals surface area contributed by atoms with Crippen molar-refractivity contribution in [2.45, 2.75) is 24.9 Å². The van der Waals surface area contributed by atoms with E-state index in [1.54, 1.807) is 13.2 Å². The lowest BCUT2D eigenvalue weighted by Crippen LogP contribution is -2.28. The summed E-state index contributed by atoms with van der Waals surface area (Å²) < 4.78 is 11.1. The van der Waals surface area contributed by atoms with Crippen molar-refractivity contribution in [2.24, 2.45) is 0 Å². The first-order valence-electron chi connectivity index (χ1n) is 10.7. The average molecular weight is 460 g/mol. The number of thioether (sulfide) groups is 1. The number of aryl methyl sites for hydroxylation is 1. The van der Waals surface area contributed by atoms with Gasteiger partial charge in [0.15, 0.2) is 0 Å². The summed E-state index contributed by atoms with van der Waals surface area (Å²) in [5.41, 5.74) is 5.17. The number of nitrogens with zero attached hydrogens (tertiary/aromatic N) is 3. The number of para-hydroxylation sites is 1. The van der Waals surface area contributed by atoms with E-state index in [1.165, 1.54) is 11.8 Å². The van der Waals surface area contributed by atoms with E-state index >= 15 is 0 Å². The second-order valence-electron chi connectivity index (χ2n) is 7.97. The molecule has 2 aromatic carbocycles. The number of hydrogen-bond donors (Lipinski definition) is 0. The molecule has 0 N–H and O–H groups in total. The topological polar surface area (TPSA) is 75.4 Å². The van der Waals surface area contributed by atoms with Crippen LogP contribution in [0.4, 0.5) is 0 Å². The molecule has 0 fully saturated rings. The van der Waals surface area contributed by atoms with E-state index in [1.807, 2.05) is 49.4 Å². The third kappa shape index (κ3) is 5.03. The van der Waals surface area contributed by atoms with Crippen molar-refractivity contribution in [1.29, 1.82) is 5.26 Å². The predicted octanol–water partition coefficient (Wildman–Crippen LogP) is 4.62. The molecule has 7 heteroatoms. The van der Waals surface area contributed by atoms with Gasteiger partial charge in [0.2, 0.25) is 0 Å². The van der Waals surface area contributed by atoms with E-state index < -0.39 is 0 Å². The fourth-order valence-electron chi connectivity index (χ4n) is 3.99. The lowest BCUT2D eigenvalue weighted by molar-refractivity contribution is -0.131. The molecular formula is C26H25N3O3S. The van der Waals surface area contributed by atoms with Crippen LogP contribution in [-0.4, -0.2) is 42.3 Å². The number of carbonyl (C=O) groups is 1. The van der Waals surface area contributed by atoms with Crippen molar-refractivity contribution in [3.63, 3.8) is 0 Å². The summed E-state index contributed by atoms with van der Waals surface area (Å²) in [6.07, 6.45) is 0.779. The van der Waals surface area contributed by atoms with E-state index in [2.05, 4.69) is 18.0 Å². The second kappa shape index (κ2) is 10.1. The molecule has 6 nitrogen and oxygen atoms in total. The molecule has 0 saturated heterocycles. The number of esters is 1. The molecule has 0 radical (unpaired) electrons. The van der Waals surface area contributed by atoms with Gasteiger partial charge in [0, 0.05) is 36.3 Å². The van der Waals surface area contributed by atoms with Crippen molar-refractivity contribution in [3.05, 3.63) is 70.9 Å². The molecule has 0 saturated carbocycles. The van der Waals surface area contributed by atoms with Crippen molar-refractivity contribution in [1.82, 2.24) is 9.88 Å². The van der Waals surface area contributed by atoms with Crippen LogP contribution in [0.1, 0.15) is 22.4 Å². The molecule has 0 atom stereocenters. The summed E-state index contributed by atoms with van der Waals surface area (Å²) in [4.78, 5) is 19.5. The van der Waals surface area contributed by atoms with Crippen molar-refractivity contribution in [2.75, 3.05) is 26.5 Å². The number of nitriles is 1. The van der Waals surface area contributed by atoms with Gasteiger partial charge in [-0.15, -0.1) is 0 Å². The summed E-state index contributed by atoms with van der Waals surface area (Å²) in [6, 6.07) is 17.4. The molecule has 3 aromatic rings. The van der Waals surface area contributed by atoms with Gasteiger partial charge >= 0.3 is 5.97 Å². The van der Waals surface area contributed by atoms with Crippen molar-refractivity contribution >= 4 is 17.7 Å². The number of ether oxygens (including phenoxy) is 2. The van der Waals surface area contributed by atoms with Crippen molar-refractivity contribution < 1.29 is 14.3 Å². The minimum atomic E-state index is -0.382. The molecular weight excluding hydrogens is 434 g/mol. The Morgan fingerprint density at radius 2 is 2.06 bits per heavy atom. The molecule has 0 bridgehead atoms. The quantitative estimate of drug-likeness (QED) is 0.302. The maximum absolute atomic E-state index is 12.5. The van der Waals surface area contributed by atoms with Crippen LogP contribution >= 0.6 is 11.8 Å². The highest BCUT2D eigenvalue weighted by atomic mass is 32.2. The van der Waals surface area contributed by atoms with Gasteiger partial charge in [-0.2, -0.15) is 5.26 Å². The Balaban J connectivity index is 1.70. The Bertz CT molecular complexity index is 1240. The number of likely N-dealkylation sites (N-methyl/N-ethyl adjacent to an activating group) is 1. The molecule has 1 aliphatic rings. The number of rotatable bonds is 6. The molecule has 0 amide bonds. The Hall–Kier alpha value is -3.34. The monoisotopic (exact) mass is 459 g/mol. The van der Waals surface area contributed by atoms with Gasteiger partial charge in [0.05, 0.1) is 18.4 Å². The first-order valence-corrected chi connectivity index (χ1v) is 11.7. The Kier molecular flexibility index (Phi) is 6.97. The molecule has 4 rings (SSSR count). The number of methoxy groups -OCH3 is 1. The number of aromatic nitrogens is 1. The Morgan fingerprint density at radius 3 is 2.82 bits per heavy atom. The van der Waals surface area contributed by atoms with Crippen molar-refractivity contribution in [3.8, 4) is 28.7 Å². The largest absolute Gasteiger partial charge is 0.496 e. The molecule has 2 heterocycles. The molecule has 0 unspecified atom stereocenters. The van der Waals surface area contributed by atoms with Crippen LogP contribution < -0.4 is 9.47 Å². The Morgan fingerprint density at radius 1 is 1.24 bits per heavy atom. The van der Waals surface area contributed by atoms with Gasteiger partial charge in [-0.1, -0.05) is 42.1 Å². The standard InChI is InChI=1S/C26H25N3O3S/c1-17-7-6-8-18(13-17)32-24(30)16-33-26-20(14-27)25(19-9-4-5-10-23(19)31-3)21-15-29(2)12-11-22(21)28-26/h4-10,13H,11-12,15-16H2,1-3H3. The lowest BCUT2D eigenvalue weighted by atomic mass is 9.91. The van der Waals surface area contributed by atoms with Crippen LogP contribution in [-0.2, 0) is 17.8 Å². The molecule has 0 aliphatic carbocycles.